The number of fused-ring (bicyclic) bond motifs is 3. The Hall–Kier alpha value is -3.55. The highest BCUT2D eigenvalue weighted by molar-refractivity contribution is 5.95. The number of benzene rings is 3. The van der Waals surface area contributed by atoms with Crippen molar-refractivity contribution in [3.05, 3.63) is 105 Å². The summed E-state index contributed by atoms with van der Waals surface area (Å²) in [5.41, 5.74) is 7.03. The summed E-state index contributed by atoms with van der Waals surface area (Å²) in [6.07, 6.45) is 3.32. The number of imidazole rings is 1. The normalized spacial score (nSPS) is 16.0. The van der Waals surface area contributed by atoms with E-state index in [4.69, 9.17) is 4.74 Å². The average Bonchev–Trinajstić information content (AvgIpc) is 3.11. The summed E-state index contributed by atoms with van der Waals surface area (Å²) in [6.45, 7) is 4.62. The van der Waals surface area contributed by atoms with E-state index in [1.165, 1.54) is 12.1 Å². The fourth-order valence-corrected chi connectivity index (χ4v) is 5.36. The molecule has 0 atom stereocenters. The number of aromatic amines is 1. The van der Waals surface area contributed by atoms with Crippen LogP contribution in [0.2, 0.25) is 0 Å². The monoisotopic (exact) mass is 487 g/mol. The van der Waals surface area contributed by atoms with Crippen molar-refractivity contribution in [2.75, 3.05) is 32.8 Å². The number of aryl methyl sites for hydroxylation is 2. The van der Waals surface area contributed by atoms with Crippen LogP contribution < -0.4 is 5.69 Å². The third-order valence-corrected chi connectivity index (χ3v) is 7.23. The molecule has 2 heterocycles. The molecule has 1 aliphatic heterocycles. The van der Waals surface area contributed by atoms with Gasteiger partial charge in [0.15, 0.2) is 0 Å². The molecule has 4 aromatic rings. The van der Waals surface area contributed by atoms with Gasteiger partial charge in [-0.15, -0.1) is 0 Å². The summed E-state index contributed by atoms with van der Waals surface area (Å²) in [5, 5.41) is 0. The van der Waals surface area contributed by atoms with Crippen molar-refractivity contribution in [1.29, 1.82) is 0 Å². The molecule has 1 saturated heterocycles. The van der Waals surface area contributed by atoms with Gasteiger partial charge in [-0.1, -0.05) is 18.2 Å². The number of nitrogens with zero attached hydrogens (tertiary/aromatic N) is 2. The predicted octanol–water partition coefficient (Wildman–Crippen LogP) is 4.63. The average molecular weight is 488 g/mol. The van der Waals surface area contributed by atoms with Crippen molar-refractivity contribution in [1.82, 2.24) is 14.5 Å². The van der Waals surface area contributed by atoms with Gasteiger partial charge in [0.05, 0.1) is 24.2 Å². The lowest BCUT2D eigenvalue weighted by Crippen LogP contribution is -2.39. The highest BCUT2D eigenvalue weighted by Gasteiger charge is 2.20. The Labute approximate surface area is 207 Å². The van der Waals surface area contributed by atoms with E-state index in [-0.39, 0.29) is 17.3 Å². The van der Waals surface area contributed by atoms with Crippen LogP contribution in [0.3, 0.4) is 0 Å². The van der Waals surface area contributed by atoms with Crippen molar-refractivity contribution in [3.63, 3.8) is 0 Å². The zero-order valence-corrected chi connectivity index (χ0v) is 19.9. The molecule has 1 N–H and O–H groups in total. The summed E-state index contributed by atoms with van der Waals surface area (Å²) in [6, 6.07) is 15.6. The lowest BCUT2D eigenvalue weighted by molar-refractivity contribution is 0.0364. The minimum absolute atomic E-state index is 0.126. The summed E-state index contributed by atoms with van der Waals surface area (Å²) < 4.78 is 35.3. The summed E-state index contributed by atoms with van der Waals surface area (Å²) in [5.74, 6) is -0.551. The van der Waals surface area contributed by atoms with Crippen molar-refractivity contribution >= 4 is 22.7 Å². The Bertz CT molecular complexity index is 1470. The Morgan fingerprint density at radius 1 is 0.861 bits per heavy atom. The third-order valence-electron chi connectivity index (χ3n) is 7.23. The fraction of sp³-hybridized carbons (Fsp3) is 0.276. The smallest absolute Gasteiger partial charge is 0.326 e. The number of hydrogen-bond donors (Lipinski definition) is 1. The molecular weight excluding hydrogens is 460 g/mol. The Morgan fingerprint density at radius 2 is 1.53 bits per heavy atom. The summed E-state index contributed by atoms with van der Waals surface area (Å²) in [4.78, 5) is 18.0. The number of halogens is 2. The SMILES string of the molecule is O=c1[nH]c2cc(C=C3c4ccc(F)cc4CCc4cc(F)ccc43)ccc2n1CCN1CCOCC1. The standard InChI is InChI=1S/C29H27F2N3O2/c30-22-4-6-24-20(17-22)2-3-21-18-23(31)5-7-25(21)26(24)15-19-1-8-28-27(16-19)32-29(35)34(28)10-9-33-11-13-36-14-12-33/h1,4-8,15-18H,2-3,9-14H2,(H,32,35). The second-order valence-electron chi connectivity index (χ2n) is 9.47. The van der Waals surface area contributed by atoms with Crippen LogP contribution >= 0.6 is 0 Å². The first-order valence-corrected chi connectivity index (χ1v) is 12.4. The van der Waals surface area contributed by atoms with Crippen LogP contribution in [-0.2, 0) is 24.1 Å². The van der Waals surface area contributed by atoms with Crippen molar-refractivity contribution in [2.45, 2.75) is 19.4 Å². The summed E-state index contributed by atoms with van der Waals surface area (Å²) in [7, 11) is 0. The zero-order valence-electron chi connectivity index (χ0n) is 19.9. The van der Waals surface area contributed by atoms with Gasteiger partial charge in [-0.05, 0) is 88.7 Å². The molecule has 0 amide bonds. The van der Waals surface area contributed by atoms with Gasteiger partial charge >= 0.3 is 5.69 Å². The molecular formula is C29H27F2N3O2. The first-order valence-electron chi connectivity index (χ1n) is 12.4. The first-order chi connectivity index (χ1) is 17.5. The Morgan fingerprint density at radius 3 is 2.19 bits per heavy atom. The molecule has 1 aliphatic carbocycles. The Balaban J connectivity index is 1.39. The van der Waals surface area contributed by atoms with Gasteiger partial charge in [-0.3, -0.25) is 9.47 Å². The van der Waals surface area contributed by atoms with Crippen molar-refractivity contribution < 1.29 is 13.5 Å². The van der Waals surface area contributed by atoms with Crippen LogP contribution in [0.5, 0.6) is 0 Å². The van der Waals surface area contributed by atoms with Crippen LogP contribution in [-0.4, -0.2) is 47.3 Å². The quantitative estimate of drug-likeness (QED) is 0.457. The third kappa shape index (κ3) is 4.40. The number of H-pyrrole nitrogens is 1. The van der Waals surface area contributed by atoms with Gasteiger partial charge in [-0.25, -0.2) is 13.6 Å². The Kier molecular flexibility index (Phi) is 6.03. The highest BCUT2D eigenvalue weighted by Crippen LogP contribution is 2.36. The minimum Gasteiger partial charge on any atom is -0.379 e. The maximum atomic E-state index is 14.0. The molecule has 6 rings (SSSR count). The van der Waals surface area contributed by atoms with Crippen molar-refractivity contribution in [3.8, 4) is 0 Å². The van der Waals surface area contributed by atoms with E-state index in [2.05, 4.69) is 9.88 Å². The largest absolute Gasteiger partial charge is 0.379 e. The lowest BCUT2D eigenvalue weighted by atomic mass is 9.92. The molecule has 5 nitrogen and oxygen atoms in total. The number of rotatable bonds is 4. The zero-order chi connectivity index (χ0) is 24.6. The molecule has 36 heavy (non-hydrogen) atoms. The van der Waals surface area contributed by atoms with Crippen LogP contribution in [0.1, 0.15) is 27.8 Å². The van der Waals surface area contributed by atoms with E-state index in [9.17, 15) is 13.6 Å². The van der Waals surface area contributed by atoms with E-state index >= 15 is 0 Å². The van der Waals surface area contributed by atoms with Gasteiger partial charge in [0.25, 0.3) is 0 Å². The molecule has 3 aromatic carbocycles. The summed E-state index contributed by atoms with van der Waals surface area (Å²) >= 11 is 0. The molecule has 0 saturated carbocycles. The van der Waals surface area contributed by atoms with E-state index in [1.54, 1.807) is 28.8 Å². The number of aromatic nitrogens is 2. The molecule has 7 heteroatoms. The van der Waals surface area contributed by atoms with Gasteiger partial charge in [0.2, 0.25) is 0 Å². The number of morpholine rings is 1. The predicted molar refractivity (Wildman–Crippen MR) is 137 cm³/mol. The van der Waals surface area contributed by atoms with Crippen LogP contribution in [0.15, 0.2) is 59.4 Å². The fourth-order valence-electron chi connectivity index (χ4n) is 5.36. The molecule has 1 aromatic heterocycles. The molecule has 184 valence electrons. The molecule has 0 unspecified atom stereocenters. The number of ether oxygens (including phenoxy) is 1. The van der Waals surface area contributed by atoms with Gasteiger partial charge in [0.1, 0.15) is 11.6 Å². The topological polar surface area (TPSA) is 50.3 Å². The van der Waals surface area contributed by atoms with Crippen LogP contribution in [0.4, 0.5) is 8.78 Å². The van der Waals surface area contributed by atoms with Crippen molar-refractivity contribution in [2.24, 2.45) is 0 Å². The van der Waals surface area contributed by atoms with E-state index < -0.39 is 0 Å². The molecule has 1 fully saturated rings. The molecule has 0 radical (unpaired) electrons. The maximum Gasteiger partial charge on any atom is 0.326 e. The van der Waals surface area contributed by atoms with E-state index in [0.29, 0.717) is 19.4 Å². The number of nitrogens with one attached hydrogen (secondary N) is 1. The van der Waals surface area contributed by atoms with E-state index in [0.717, 1.165) is 77.3 Å². The maximum absolute atomic E-state index is 14.0. The number of hydrogen-bond acceptors (Lipinski definition) is 3. The second kappa shape index (κ2) is 9.48. The first kappa shape index (κ1) is 22.9. The molecule has 2 aliphatic rings. The lowest BCUT2D eigenvalue weighted by Gasteiger charge is -2.26. The van der Waals surface area contributed by atoms with Gasteiger partial charge < -0.3 is 9.72 Å². The van der Waals surface area contributed by atoms with Crippen LogP contribution in [0.25, 0.3) is 22.7 Å². The molecule has 0 spiro atoms. The van der Waals surface area contributed by atoms with Gasteiger partial charge in [0, 0.05) is 26.2 Å². The second-order valence-corrected chi connectivity index (χ2v) is 9.47. The minimum atomic E-state index is -0.275. The van der Waals surface area contributed by atoms with E-state index in [1.807, 2.05) is 24.3 Å². The highest BCUT2D eigenvalue weighted by atomic mass is 19.1. The van der Waals surface area contributed by atoms with Crippen LogP contribution in [0, 0.1) is 11.6 Å². The molecule has 0 bridgehead atoms. The van der Waals surface area contributed by atoms with Gasteiger partial charge in [-0.2, -0.15) is 0 Å².